The smallest absolute Gasteiger partial charge is 0.341 e. The van der Waals surface area contributed by atoms with E-state index in [1.807, 2.05) is 31.2 Å². The zero-order valence-corrected chi connectivity index (χ0v) is 17.2. The first-order chi connectivity index (χ1) is 13.8. The van der Waals surface area contributed by atoms with Crippen LogP contribution in [0, 0.1) is 0 Å². The molecule has 3 rings (SSSR count). The quantitative estimate of drug-likeness (QED) is 0.641. The summed E-state index contributed by atoms with van der Waals surface area (Å²) in [6.45, 7) is 1.49. The van der Waals surface area contributed by atoms with Gasteiger partial charge in [0.15, 0.2) is 6.61 Å². The lowest BCUT2D eigenvalue weighted by Crippen LogP contribution is -2.13. The number of carbonyl (C=O) groups excluding carboxylic acids is 1. The first kappa shape index (κ1) is 21.0. The average Bonchev–Trinajstić information content (AvgIpc) is 2.96. The maximum absolute atomic E-state index is 11.8. The van der Waals surface area contributed by atoms with Crippen molar-refractivity contribution < 1.29 is 19.4 Å². The average molecular weight is 432 g/mol. The zero-order chi connectivity index (χ0) is 21.1. The molecule has 2 aromatic rings. The van der Waals surface area contributed by atoms with Crippen molar-refractivity contribution in [3.8, 4) is 5.75 Å². The molecule has 150 valence electrons. The highest BCUT2D eigenvalue weighted by molar-refractivity contribution is 6.43. The highest BCUT2D eigenvalue weighted by Gasteiger charge is 2.29. The lowest BCUT2D eigenvalue weighted by Gasteiger charge is -2.12. The molecule has 5 nitrogen and oxygen atoms in total. The number of carboxylic acids is 1. The van der Waals surface area contributed by atoms with Crippen LogP contribution in [0.5, 0.6) is 5.75 Å². The maximum atomic E-state index is 11.8. The second kappa shape index (κ2) is 8.72. The van der Waals surface area contributed by atoms with E-state index in [9.17, 15) is 9.59 Å². The largest absolute Gasteiger partial charge is 0.481 e. The number of halogens is 2. The summed E-state index contributed by atoms with van der Waals surface area (Å²) >= 11 is 12.5. The first-order valence-corrected chi connectivity index (χ1v) is 9.73. The summed E-state index contributed by atoms with van der Waals surface area (Å²) in [7, 11) is 0. The van der Waals surface area contributed by atoms with E-state index in [1.54, 1.807) is 18.2 Å². The van der Waals surface area contributed by atoms with Crippen LogP contribution in [-0.4, -0.2) is 23.6 Å². The topological polar surface area (TPSA) is 89.6 Å². The van der Waals surface area contributed by atoms with Gasteiger partial charge in [-0.1, -0.05) is 54.4 Å². The molecule has 0 saturated carbocycles. The predicted molar refractivity (Wildman–Crippen MR) is 115 cm³/mol. The second-order valence-electron chi connectivity index (χ2n) is 6.52. The van der Waals surface area contributed by atoms with Crippen molar-refractivity contribution in [3.05, 3.63) is 68.7 Å². The van der Waals surface area contributed by atoms with Crippen LogP contribution in [0.2, 0.25) is 10.0 Å². The van der Waals surface area contributed by atoms with Crippen molar-refractivity contribution in [2.24, 2.45) is 5.73 Å². The van der Waals surface area contributed by atoms with Crippen molar-refractivity contribution in [2.75, 3.05) is 6.61 Å². The van der Waals surface area contributed by atoms with Crippen molar-refractivity contribution in [1.29, 1.82) is 0 Å². The van der Waals surface area contributed by atoms with Crippen molar-refractivity contribution in [1.82, 2.24) is 0 Å². The van der Waals surface area contributed by atoms with E-state index in [4.69, 9.17) is 38.8 Å². The number of fused-ring (bicyclic) bond motifs is 1. The number of allylic oxidation sites excluding steroid dienone is 2. The van der Waals surface area contributed by atoms with Gasteiger partial charge in [0.1, 0.15) is 5.75 Å². The van der Waals surface area contributed by atoms with Gasteiger partial charge < -0.3 is 15.6 Å². The van der Waals surface area contributed by atoms with Crippen molar-refractivity contribution in [3.63, 3.8) is 0 Å². The van der Waals surface area contributed by atoms with Gasteiger partial charge in [0.2, 0.25) is 5.91 Å². The Balaban J connectivity index is 2.23. The van der Waals surface area contributed by atoms with E-state index in [2.05, 4.69) is 0 Å². The standard InChI is InChI=1S/C22H19Cl2NO4/c1-2-13-15(9-12-5-3-7-17(23)22(12)24)14-6-4-8-18(29-11-20(27)28)21(14)16(13)10-19(25)26/h3-9H,2,10-11H2,1H3,(H2,25,26)(H,27,28)/b15-9-. The fraction of sp³-hybridized carbons (Fsp3) is 0.182. The highest BCUT2D eigenvalue weighted by atomic mass is 35.5. The molecule has 1 aliphatic carbocycles. The van der Waals surface area contributed by atoms with E-state index in [0.717, 1.165) is 27.8 Å². The molecule has 3 N–H and O–H groups in total. The Labute approximate surface area is 178 Å². The third kappa shape index (κ3) is 4.31. The summed E-state index contributed by atoms with van der Waals surface area (Å²) < 4.78 is 5.50. The van der Waals surface area contributed by atoms with E-state index < -0.39 is 18.5 Å². The van der Waals surface area contributed by atoms with Crippen LogP contribution in [0.25, 0.3) is 17.2 Å². The molecule has 0 heterocycles. The van der Waals surface area contributed by atoms with Crippen LogP contribution in [0.15, 0.2) is 42.0 Å². The van der Waals surface area contributed by atoms with Gasteiger partial charge in [-0.3, -0.25) is 4.79 Å². The minimum atomic E-state index is -1.08. The van der Waals surface area contributed by atoms with E-state index in [0.29, 0.717) is 27.8 Å². The molecule has 0 aromatic heterocycles. The molecule has 1 aliphatic rings. The Bertz CT molecular complexity index is 1060. The van der Waals surface area contributed by atoms with Crippen LogP contribution in [0.3, 0.4) is 0 Å². The number of aliphatic carboxylic acids is 1. The molecule has 0 radical (unpaired) electrons. The summed E-state index contributed by atoms with van der Waals surface area (Å²) in [5.41, 5.74) is 10.3. The Hall–Kier alpha value is -2.76. The highest BCUT2D eigenvalue weighted by Crippen LogP contribution is 2.49. The third-order valence-corrected chi connectivity index (χ3v) is 5.48. The molecule has 2 aromatic carbocycles. The van der Waals surface area contributed by atoms with Gasteiger partial charge in [-0.2, -0.15) is 0 Å². The van der Waals surface area contributed by atoms with E-state index >= 15 is 0 Å². The number of rotatable bonds is 7. The normalized spacial score (nSPS) is 14.2. The summed E-state index contributed by atoms with van der Waals surface area (Å²) in [5, 5.41) is 9.86. The maximum Gasteiger partial charge on any atom is 0.341 e. The number of carboxylic acid groups (broad SMARTS) is 1. The number of amides is 1. The number of nitrogens with two attached hydrogens (primary N) is 1. The molecule has 0 aliphatic heterocycles. The van der Waals surface area contributed by atoms with Crippen LogP contribution < -0.4 is 10.5 Å². The summed E-state index contributed by atoms with van der Waals surface area (Å²) in [5.74, 6) is -1.17. The van der Waals surface area contributed by atoms with Crippen molar-refractivity contribution >= 4 is 52.3 Å². The van der Waals surface area contributed by atoms with Gasteiger partial charge in [0.05, 0.1) is 16.5 Å². The lowest BCUT2D eigenvalue weighted by molar-refractivity contribution is -0.139. The number of hydrogen-bond acceptors (Lipinski definition) is 3. The van der Waals surface area contributed by atoms with Crippen LogP contribution in [0.1, 0.15) is 36.5 Å². The van der Waals surface area contributed by atoms with Crippen LogP contribution in [-0.2, 0) is 9.59 Å². The van der Waals surface area contributed by atoms with Crippen molar-refractivity contribution in [2.45, 2.75) is 19.8 Å². The molecule has 7 heteroatoms. The van der Waals surface area contributed by atoms with E-state index in [-0.39, 0.29) is 6.42 Å². The number of carbonyl (C=O) groups is 2. The van der Waals surface area contributed by atoms with Gasteiger partial charge in [-0.15, -0.1) is 0 Å². The molecular weight excluding hydrogens is 413 g/mol. The Morgan fingerprint density at radius 1 is 1.14 bits per heavy atom. The zero-order valence-electron chi connectivity index (χ0n) is 15.7. The summed E-state index contributed by atoms with van der Waals surface area (Å²) in [4.78, 5) is 22.7. The second-order valence-corrected chi connectivity index (χ2v) is 7.30. The lowest BCUT2D eigenvalue weighted by atomic mass is 9.98. The van der Waals surface area contributed by atoms with Gasteiger partial charge >= 0.3 is 5.97 Å². The summed E-state index contributed by atoms with van der Waals surface area (Å²) in [6.07, 6.45) is 2.57. The van der Waals surface area contributed by atoms with Gasteiger partial charge in [0.25, 0.3) is 0 Å². The van der Waals surface area contributed by atoms with Gasteiger partial charge in [-0.25, -0.2) is 4.79 Å². The first-order valence-electron chi connectivity index (χ1n) is 8.98. The van der Waals surface area contributed by atoms with E-state index in [1.165, 1.54) is 0 Å². The molecule has 29 heavy (non-hydrogen) atoms. The number of hydrogen-bond donors (Lipinski definition) is 2. The molecule has 0 spiro atoms. The number of primary amides is 1. The number of benzene rings is 2. The molecular formula is C22H19Cl2NO4. The molecule has 0 unspecified atom stereocenters. The third-order valence-electron chi connectivity index (χ3n) is 4.64. The minimum Gasteiger partial charge on any atom is -0.481 e. The molecule has 0 saturated heterocycles. The Morgan fingerprint density at radius 3 is 2.52 bits per heavy atom. The Kier molecular flexibility index (Phi) is 6.30. The van der Waals surface area contributed by atoms with Crippen LogP contribution in [0.4, 0.5) is 0 Å². The van der Waals surface area contributed by atoms with Gasteiger partial charge in [0, 0.05) is 5.56 Å². The number of ether oxygens (including phenoxy) is 1. The predicted octanol–water partition coefficient (Wildman–Crippen LogP) is 5.05. The Morgan fingerprint density at radius 2 is 1.86 bits per heavy atom. The minimum absolute atomic E-state index is 0.0181. The fourth-order valence-corrected chi connectivity index (χ4v) is 3.89. The van der Waals surface area contributed by atoms with Gasteiger partial charge in [-0.05, 0) is 52.5 Å². The molecule has 1 amide bonds. The fourth-order valence-electron chi connectivity index (χ4n) is 3.53. The SMILES string of the molecule is CCC1=C(CC(N)=O)c2c(OCC(=O)O)cccc2/C1=C\c1cccc(Cl)c1Cl. The summed E-state index contributed by atoms with van der Waals surface area (Å²) in [6, 6.07) is 10.7. The molecule has 0 fully saturated rings. The van der Waals surface area contributed by atoms with Crippen LogP contribution >= 0.6 is 23.2 Å². The monoisotopic (exact) mass is 431 g/mol. The molecule has 0 atom stereocenters. The molecule has 0 bridgehead atoms.